The molecule has 1 atom stereocenters. The van der Waals surface area contributed by atoms with Crippen LogP contribution in [0.15, 0.2) is 18.2 Å². The van der Waals surface area contributed by atoms with Crippen LogP contribution in [-0.4, -0.2) is 48.6 Å². The van der Waals surface area contributed by atoms with Gasteiger partial charge in [-0.1, -0.05) is 0 Å². The van der Waals surface area contributed by atoms with Crippen molar-refractivity contribution in [2.75, 3.05) is 26.7 Å². The molecule has 0 aromatic heterocycles. The Morgan fingerprint density at radius 3 is 2.94 bits per heavy atom. The molecule has 0 bridgehead atoms. The fourth-order valence-electron chi connectivity index (χ4n) is 2.09. The maximum atomic E-state index is 13.5. The fourth-order valence-corrected chi connectivity index (χ4v) is 2.09. The van der Waals surface area contributed by atoms with Crippen LogP contribution in [0.4, 0.5) is 4.39 Å². The average molecular weight is 253 g/mol. The topological polar surface area (TPSA) is 49.8 Å². The highest BCUT2D eigenvalue weighted by molar-refractivity contribution is 5.97. The van der Waals surface area contributed by atoms with Crippen molar-refractivity contribution >= 4 is 5.78 Å². The summed E-state index contributed by atoms with van der Waals surface area (Å²) in [6.45, 7) is 1.42. The minimum absolute atomic E-state index is 0.128. The number of methoxy groups -OCH3 is 1. The van der Waals surface area contributed by atoms with Crippen LogP contribution in [-0.2, 0) is 0 Å². The van der Waals surface area contributed by atoms with E-state index in [1.807, 2.05) is 4.90 Å². The highest BCUT2D eigenvalue weighted by Crippen LogP contribution is 2.18. The van der Waals surface area contributed by atoms with Crippen LogP contribution < -0.4 is 4.74 Å². The summed E-state index contributed by atoms with van der Waals surface area (Å²) < 4.78 is 18.3. The third-order valence-electron chi connectivity index (χ3n) is 3.09. The number of hydrogen-bond acceptors (Lipinski definition) is 4. The maximum absolute atomic E-state index is 13.5. The van der Waals surface area contributed by atoms with Crippen LogP contribution in [0, 0.1) is 5.82 Å². The zero-order valence-electron chi connectivity index (χ0n) is 10.2. The molecule has 0 radical (unpaired) electrons. The largest absolute Gasteiger partial charge is 0.494 e. The van der Waals surface area contributed by atoms with Crippen LogP contribution in [0.5, 0.6) is 5.75 Å². The lowest BCUT2D eigenvalue weighted by Crippen LogP contribution is -2.28. The van der Waals surface area contributed by atoms with E-state index in [2.05, 4.69) is 0 Å². The number of benzene rings is 1. The summed E-state index contributed by atoms with van der Waals surface area (Å²) in [5.41, 5.74) is 0.328. The second-order valence-electron chi connectivity index (χ2n) is 4.45. The molecular formula is C13H16FNO3. The lowest BCUT2D eigenvalue weighted by atomic mass is 10.1. The standard InChI is InChI=1S/C13H16FNO3/c1-18-13-3-2-9(6-11(13)14)12(17)8-15-5-4-10(16)7-15/h2-3,6,10,16H,4-5,7-8H2,1H3. The monoisotopic (exact) mass is 253 g/mol. The van der Waals surface area contributed by atoms with Gasteiger partial charge in [0.25, 0.3) is 0 Å². The smallest absolute Gasteiger partial charge is 0.176 e. The number of hydrogen-bond donors (Lipinski definition) is 1. The third kappa shape index (κ3) is 2.86. The molecule has 98 valence electrons. The quantitative estimate of drug-likeness (QED) is 0.816. The lowest BCUT2D eigenvalue weighted by molar-refractivity contribution is 0.0934. The lowest BCUT2D eigenvalue weighted by Gasteiger charge is -2.13. The van der Waals surface area contributed by atoms with Crippen LogP contribution in [0.25, 0.3) is 0 Å². The number of ketones is 1. The Kier molecular flexibility index (Phi) is 3.93. The predicted octanol–water partition coefficient (Wildman–Crippen LogP) is 1.08. The normalized spacial score (nSPS) is 20.1. The molecule has 4 nitrogen and oxygen atoms in total. The van der Waals surface area contributed by atoms with Crippen molar-refractivity contribution in [2.24, 2.45) is 0 Å². The van der Waals surface area contributed by atoms with Crippen molar-refractivity contribution in [3.63, 3.8) is 0 Å². The van der Waals surface area contributed by atoms with Crippen LogP contribution in [0.3, 0.4) is 0 Å². The molecular weight excluding hydrogens is 237 g/mol. The molecule has 1 aliphatic heterocycles. The molecule has 1 N–H and O–H groups in total. The van der Waals surface area contributed by atoms with Gasteiger partial charge in [-0.05, 0) is 24.6 Å². The first-order chi connectivity index (χ1) is 8.60. The average Bonchev–Trinajstić information content (AvgIpc) is 2.74. The first-order valence-corrected chi connectivity index (χ1v) is 5.87. The van der Waals surface area contributed by atoms with Gasteiger partial charge in [-0.25, -0.2) is 4.39 Å². The Balaban J connectivity index is 2.02. The molecule has 1 heterocycles. The number of ether oxygens (including phenoxy) is 1. The minimum atomic E-state index is -0.537. The predicted molar refractivity (Wildman–Crippen MR) is 64.3 cm³/mol. The summed E-state index contributed by atoms with van der Waals surface area (Å²) in [4.78, 5) is 13.8. The number of aliphatic hydroxyl groups excluding tert-OH is 1. The van der Waals surface area contributed by atoms with Gasteiger partial charge in [0.15, 0.2) is 17.3 Å². The van der Waals surface area contributed by atoms with Gasteiger partial charge in [-0.2, -0.15) is 0 Å². The minimum Gasteiger partial charge on any atom is -0.494 e. The van der Waals surface area contributed by atoms with Gasteiger partial charge in [-0.15, -0.1) is 0 Å². The molecule has 0 spiro atoms. The van der Waals surface area contributed by atoms with Gasteiger partial charge in [0, 0.05) is 18.7 Å². The van der Waals surface area contributed by atoms with E-state index in [1.54, 1.807) is 6.07 Å². The summed E-state index contributed by atoms with van der Waals surface area (Å²) in [5.74, 6) is -0.557. The first-order valence-electron chi connectivity index (χ1n) is 5.87. The van der Waals surface area contributed by atoms with E-state index in [-0.39, 0.29) is 24.2 Å². The summed E-state index contributed by atoms with van der Waals surface area (Å²) in [6.07, 6.45) is 0.329. The van der Waals surface area contributed by atoms with E-state index >= 15 is 0 Å². The fraction of sp³-hybridized carbons (Fsp3) is 0.462. The Morgan fingerprint density at radius 2 is 2.39 bits per heavy atom. The molecule has 1 aliphatic rings. The number of halogens is 1. The van der Waals surface area contributed by atoms with E-state index in [0.717, 1.165) is 0 Å². The summed E-state index contributed by atoms with van der Waals surface area (Å²) in [7, 11) is 1.38. The number of aliphatic hydroxyl groups is 1. The van der Waals surface area contributed by atoms with Crippen molar-refractivity contribution in [3.05, 3.63) is 29.6 Å². The molecule has 1 aromatic rings. The van der Waals surface area contributed by atoms with E-state index in [4.69, 9.17) is 4.74 Å². The van der Waals surface area contributed by atoms with Crippen LogP contribution in [0.1, 0.15) is 16.8 Å². The summed E-state index contributed by atoms with van der Waals surface area (Å²) in [5, 5.41) is 9.37. The highest BCUT2D eigenvalue weighted by Gasteiger charge is 2.22. The molecule has 2 rings (SSSR count). The molecule has 5 heteroatoms. The van der Waals surface area contributed by atoms with Crippen LogP contribution in [0.2, 0.25) is 0 Å². The molecule has 0 aliphatic carbocycles. The number of carbonyl (C=O) groups excluding carboxylic acids is 1. The number of rotatable bonds is 4. The van der Waals surface area contributed by atoms with Crippen molar-refractivity contribution in [1.29, 1.82) is 0 Å². The third-order valence-corrected chi connectivity index (χ3v) is 3.09. The number of β-amino-alcohol motifs (C(OH)–C–C–N with tert-alkyl or cyclic N) is 1. The molecule has 0 amide bonds. The number of likely N-dealkylation sites (tertiary alicyclic amines) is 1. The van der Waals surface area contributed by atoms with Gasteiger partial charge in [0.1, 0.15) is 0 Å². The zero-order chi connectivity index (χ0) is 13.1. The number of Topliss-reactive ketones (excluding diaryl/α,β-unsaturated/α-hetero) is 1. The van der Waals surface area contributed by atoms with E-state index in [0.29, 0.717) is 25.1 Å². The molecule has 1 fully saturated rings. The van der Waals surface area contributed by atoms with E-state index < -0.39 is 5.82 Å². The number of nitrogens with zero attached hydrogens (tertiary/aromatic N) is 1. The molecule has 1 saturated heterocycles. The summed E-state index contributed by atoms with van der Waals surface area (Å²) >= 11 is 0. The van der Waals surface area contributed by atoms with Crippen molar-refractivity contribution in [3.8, 4) is 5.75 Å². The van der Waals surface area contributed by atoms with Crippen molar-refractivity contribution in [2.45, 2.75) is 12.5 Å². The Hall–Kier alpha value is -1.46. The Bertz CT molecular complexity index is 450. The Labute approximate surface area is 105 Å². The zero-order valence-corrected chi connectivity index (χ0v) is 10.2. The van der Waals surface area contributed by atoms with Gasteiger partial charge >= 0.3 is 0 Å². The van der Waals surface area contributed by atoms with Crippen LogP contribution >= 0.6 is 0 Å². The molecule has 1 aromatic carbocycles. The molecule has 18 heavy (non-hydrogen) atoms. The van der Waals surface area contributed by atoms with E-state index in [1.165, 1.54) is 19.2 Å². The van der Waals surface area contributed by atoms with Gasteiger partial charge < -0.3 is 9.84 Å². The van der Waals surface area contributed by atoms with Gasteiger partial charge in [-0.3, -0.25) is 9.69 Å². The van der Waals surface area contributed by atoms with Gasteiger partial charge in [0.05, 0.1) is 19.8 Å². The SMILES string of the molecule is COc1ccc(C(=O)CN2CCC(O)C2)cc1F. The highest BCUT2D eigenvalue weighted by atomic mass is 19.1. The molecule has 1 unspecified atom stereocenters. The Morgan fingerprint density at radius 1 is 1.61 bits per heavy atom. The van der Waals surface area contributed by atoms with E-state index in [9.17, 15) is 14.3 Å². The molecule has 0 saturated carbocycles. The second-order valence-corrected chi connectivity index (χ2v) is 4.45. The van der Waals surface area contributed by atoms with Gasteiger partial charge in [0.2, 0.25) is 0 Å². The summed E-state index contributed by atoms with van der Waals surface area (Å²) in [6, 6.07) is 4.19. The first kappa shape index (κ1) is 13.0. The van der Waals surface area contributed by atoms with Crippen molar-refractivity contribution < 1.29 is 19.0 Å². The number of carbonyl (C=O) groups is 1. The second kappa shape index (κ2) is 5.46. The maximum Gasteiger partial charge on any atom is 0.176 e. The van der Waals surface area contributed by atoms with Crippen molar-refractivity contribution in [1.82, 2.24) is 4.90 Å².